The molecule has 1 heterocycles. The number of carbonyl (C=O) groups excluding carboxylic acids is 1. The number of ether oxygens (including phenoxy) is 1. The average Bonchev–Trinajstić information content (AvgIpc) is 2.90. The zero-order valence-corrected chi connectivity index (χ0v) is 13.9. The van der Waals surface area contributed by atoms with E-state index >= 15 is 0 Å². The molecular weight excluding hydrogens is 310 g/mol. The molecule has 0 fully saturated rings. The fraction of sp³-hybridized carbons (Fsp3) is 0.353. The predicted octanol–water partition coefficient (Wildman–Crippen LogP) is 1.41. The first-order chi connectivity index (χ1) is 11.4. The highest BCUT2D eigenvalue weighted by molar-refractivity contribution is 5.95. The van der Waals surface area contributed by atoms with Crippen LogP contribution in [0.2, 0.25) is 0 Å². The van der Waals surface area contributed by atoms with Crippen molar-refractivity contribution in [2.45, 2.75) is 13.3 Å². The van der Waals surface area contributed by atoms with E-state index in [1.807, 2.05) is 18.2 Å². The Kier molecular flexibility index (Phi) is 5.57. The Bertz CT molecular complexity index is 739. The molecule has 2 rings (SSSR count). The van der Waals surface area contributed by atoms with Gasteiger partial charge in [0.2, 0.25) is 0 Å². The molecule has 0 aliphatic heterocycles. The van der Waals surface area contributed by atoms with Crippen molar-refractivity contribution in [3.63, 3.8) is 0 Å². The molecule has 2 aromatic rings. The van der Waals surface area contributed by atoms with E-state index in [4.69, 9.17) is 4.74 Å². The fourth-order valence-corrected chi connectivity index (χ4v) is 2.42. The van der Waals surface area contributed by atoms with Crippen LogP contribution in [0.4, 0.5) is 0 Å². The number of amides is 1. The van der Waals surface area contributed by atoms with Crippen LogP contribution >= 0.6 is 0 Å². The number of para-hydroxylation sites is 1. The van der Waals surface area contributed by atoms with Gasteiger partial charge in [-0.15, -0.1) is 0 Å². The minimum absolute atomic E-state index is 0.0283. The van der Waals surface area contributed by atoms with Crippen molar-refractivity contribution in [3.05, 3.63) is 47.3 Å². The standard InChI is InChI=1S/C17H21N3O4/c1-11-14(10-19-20(11)2)16(21)18-9-13(17(22)23)8-12-6-4-5-7-15(12)24-3/h4-7,10,13H,8-9H2,1-3H3,(H,18,21)(H,22,23). The Morgan fingerprint density at radius 2 is 2.08 bits per heavy atom. The summed E-state index contributed by atoms with van der Waals surface area (Å²) in [7, 11) is 3.29. The van der Waals surface area contributed by atoms with Gasteiger partial charge in [0.05, 0.1) is 24.8 Å². The normalized spacial score (nSPS) is 11.8. The quantitative estimate of drug-likeness (QED) is 0.800. The zero-order chi connectivity index (χ0) is 17.7. The van der Waals surface area contributed by atoms with E-state index < -0.39 is 11.9 Å². The maximum Gasteiger partial charge on any atom is 0.308 e. The molecule has 0 spiro atoms. The largest absolute Gasteiger partial charge is 0.496 e. The van der Waals surface area contributed by atoms with Crippen LogP contribution in [0.3, 0.4) is 0 Å². The average molecular weight is 331 g/mol. The van der Waals surface area contributed by atoms with Gasteiger partial charge in [-0.3, -0.25) is 14.3 Å². The van der Waals surface area contributed by atoms with Crippen molar-refractivity contribution >= 4 is 11.9 Å². The number of aryl methyl sites for hydroxylation is 1. The number of aliphatic carboxylic acids is 1. The smallest absolute Gasteiger partial charge is 0.308 e. The molecule has 1 aromatic carbocycles. The van der Waals surface area contributed by atoms with Crippen molar-refractivity contribution in [1.82, 2.24) is 15.1 Å². The predicted molar refractivity (Wildman–Crippen MR) is 88.1 cm³/mol. The van der Waals surface area contributed by atoms with Crippen LogP contribution in [0.5, 0.6) is 5.75 Å². The van der Waals surface area contributed by atoms with E-state index in [2.05, 4.69) is 10.4 Å². The maximum absolute atomic E-state index is 12.2. The Hall–Kier alpha value is -2.83. The van der Waals surface area contributed by atoms with Gasteiger partial charge >= 0.3 is 5.97 Å². The SMILES string of the molecule is COc1ccccc1CC(CNC(=O)c1cnn(C)c1C)C(=O)O. The summed E-state index contributed by atoms with van der Waals surface area (Å²) in [5.41, 5.74) is 1.96. The van der Waals surface area contributed by atoms with Crippen molar-refractivity contribution < 1.29 is 19.4 Å². The zero-order valence-electron chi connectivity index (χ0n) is 13.9. The minimum atomic E-state index is -0.968. The van der Waals surface area contributed by atoms with Crippen LogP contribution in [0, 0.1) is 12.8 Å². The molecule has 1 atom stereocenters. The molecular formula is C17H21N3O4. The van der Waals surface area contributed by atoms with E-state index in [0.29, 0.717) is 11.3 Å². The van der Waals surface area contributed by atoms with E-state index in [9.17, 15) is 14.7 Å². The van der Waals surface area contributed by atoms with Gasteiger partial charge in [-0.25, -0.2) is 0 Å². The highest BCUT2D eigenvalue weighted by Crippen LogP contribution is 2.21. The van der Waals surface area contributed by atoms with Gasteiger partial charge in [0, 0.05) is 19.3 Å². The van der Waals surface area contributed by atoms with Crippen molar-refractivity contribution in [2.75, 3.05) is 13.7 Å². The molecule has 0 aliphatic carbocycles. The lowest BCUT2D eigenvalue weighted by atomic mass is 9.98. The third-order valence-corrected chi connectivity index (χ3v) is 4.00. The second-order valence-electron chi connectivity index (χ2n) is 5.53. The van der Waals surface area contributed by atoms with Gasteiger partial charge in [0.15, 0.2) is 0 Å². The number of nitrogens with zero attached hydrogens (tertiary/aromatic N) is 2. The first-order valence-electron chi connectivity index (χ1n) is 7.55. The molecule has 0 bridgehead atoms. The fourth-order valence-electron chi connectivity index (χ4n) is 2.42. The number of hydrogen-bond donors (Lipinski definition) is 2. The van der Waals surface area contributed by atoms with Gasteiger partial charge in [0.1, 0.15) is 5.75 Å². The van der Waals surface area contributed by atoms with E-state index in [1.54, 1.807) is 31.8 Å². The van der Waals surface area contributed by atoms with Crippen LogP contribution in [-0.4, -0.2) is 40.4 Å². The summed E-state index contributed by atoms with van der Waals surface area (Å²) in [4.78, 5) is 23.7. The van der Waals surface area contributed by atoms with Gasteiger partial charge in [-0.1, -0.05) is 18.2 Å². The van der Waals surface area contributed by atoms with Crippen LogP contribution in [0.25, 0.3) is 0 Å². The lowest BCUT2D eigenvalue weighted by Crippen LogP contribution is -2.34. The molecule has 128 valence electrons. The molecule has 0 aliphatic rings. The highest BCUT2D eigenvalue weighted by atomic mass is 16.5. The number of benzene rings is 1. The Morgan fingerprint density at radius 3 is 2.67 bits per heavy atom. The molecule has 2 N–H and O–H groups in total. The molecule has 1 amide bonds. The Morgan fingerprint density at radius 1 is 1.38 bits per heavy atom. The van der Waals surface area contributed by atoms with E-state index in [0.717, 1.165) is 11.3 Å². The summed E-state index contributed by atoms with van der Waals surface area (Å²) in [6.45, 7) is 1.81. The topological polar surface area (TPSA) is 93.5 Å². The van der Waals surface area contributed by atoms with Crippen LogP contribution in [0.1, 0.15) is 21.6 Å². The summed E-state index contributed by atoms with van der Waals surface area (Å²) >= 11 is 0. The highest BCUT2D eigenvalue weighted by Gasteiger charge is 2.22. The second-order valence-corrected chi connectivity index (χ2v) is 5.53. The van der Waals surface area contributed by atoms with Crippen molar-refractivity contribution in [3.8, 4) is 5.75 Å². The number of aromatic nitrogens is 2. The summed E-state index contributed by atoms with van der Waals surface area (Å²) in [6, 6.07) is 7.26. The first kappa shape index (κ1) is 17.5. The minimum Gasteiger partial charge on any atom is -0.496 e. The third-order valence-electron chi connectivity index (χ3n) is 4.00. The molecule has 7 heteroatoms. The lowest BCUT2D eigenvalue weighted by Gasteiger charge is -2.15. The second kappa shape index (κ2) is 7.63. The van der Waals surface area contributed by atoms with Crippen molar-refractivity contribution in [1.29, 1.82) is 0 Å². The first-order valence-corrected chi connectivity index (χ1v) is 7.55. The number of rotatable bonds is 7. The van der Waals surface area contributed by atoms with Gasteiger partial charge in [0.25, 0.3) is 5.91 Å². The molecule has 1 aromatic heterocycles. The van der Waals surface area contributed by atoms with Gasteiger partial charge in [-0.2, -0.15) is 5.10 Å². The third kappa shape index (κ3) is 3.92. The number of hydrogen-bond acceptors (Lipinski definition) is 4. The Balaban J connectivity index is 2.05. The van der Waals surface area contributed by atoms with Gasteiger partial charge < -0.3 is 15.2 Å². The molecule has 7 nitrogen and oxygen atoms in total. The van der Waals surface area contributed by atoms with Crippen molar-refractivity contribution in [2.24, 2.45) is 13.0 Å². The summed E-state index contributed by atoms with van der Waals surface area (Å²) in [5, 5.41) is 16.1. The molecule has 1 unspecified atom stereocenters. The molecule has 0 saturated heterocycles. The van der Waals surface area contributed by atoms with E-state index in [-0.39, 0.29) is 18.9 Å². The number of methoxy groups -OCH3 is 1. The summed E-state index contributed by atoms with van der Waals surface area (Å²) < 4.78 is 6.84. The summed E-state index contributed by atoms with van der Waals surface area (Å²) in [5.74, 6) is -1.41. The summed E-state index contributed by atoms with van der Waals surface area (Å²) in [6.07, 6.45) is 1.74. The Labute approximate surface area is 140 Å². The number of carbonyl (C=O) groups is 2. The van der Waals surface area contributed by atoms with E-state index in [1.165, 1.54) is 6.20 Å². The van der Waals surface area contributed by atoms with Crippen LogP contribution < -0.4 is 10.1 Å². The number of carboxylic acids is 1. The molecule has 0 saturated carbocycles. The number of nitrogens with one attached hydrogen (secondary N) is 1. The lowest BCUT2D eigenvalue weighted by molar-refractivity contribution is -0.141. The molecule has 24 heavy (non-hydrogen) atoms. The maximum atomic E-state index is 12.2. The van der Waals surface area contributed by atoms with Crippen LogP contribution in [0.15, 0.2) is 30.5 Å². The number of carboxylic acid groups (broad SMARTS) is 1. The monoisotopic (exact) mass is 331 g/mol. The van der Waals surface area contributed by atoms with Crippen LogP contribution in [-0.2, 0) is 18.3 Å². The molecule has 0 radical (unpaired) electrons. The van der Waals surface area contributed by atoms with Gasteiger partial charge in [-0.05, 0) is 25.0 Å².